The van der Waals surface area contributed by atoms with Gasteiger partial charge in [0, 0.05) is 31.9 Å². The van der Waals surface area contributed by atoms with E-state index in [0.29, 0.717) is 31.0 Å². The van der Waals surface area contributed by atoms with E-state index in [4.69, 9.17) is 4.74 Å². The minimum atomic E-state index is -0.281. The van der Waals surface area contributed by atoms with Crippen molar-refractivity contribution in [1.82, 2.24) is 19.9 Å². The van der Waals surface area contributed by atoms with Crippen LogP contribution in [0, 0.1) is 19.7 Å². The van der Waals surface area contributed by atoms with Gasteiger partial charge in [-0.2, -0.15) is 0 Å². The molecule has 7 nitrogen and oxygen atoms in total. The number of ether oxygens (including phenoxy) is 1. The molecule has 3 heterocycles. The highest BCUT2D eigenvalue weighted by atomic mass is 19.1. The van der Waals surface area contributed by atoms with Crippen molar-refractivity contribution < 1.29 is 13.9 Å². The Morgan fingerprint density at radius 2 is 1.81 bits per heavy atom. The van der Waals surface area contributed by atoms with Gasteiger partial charge in [-0.25, -0.2) is 9.07 Å². The number of fused-ring (bicyclic) bond motifs is 1. The first-order valence-corrected chi connectivity index (χ1v) is 10.9. The predicted octanol–water partition coefficient (Wildman–Crippen LogP) is 3.27. The summed E-state index contributed by atoms with van der Waals surface area (Å²) in [5.41, 5.74) is 5.66. The predicted molar refractivity (Wildman–Crippen MR) is 118 cm³/mol. The molecule has 2 aromatic carbocycles. The number of aromatic nitrogens is 3. The molecule has 0 unspecified atom stereocenters. The average molecular weight is 436 g/mol. The molecule has 1 atom stereocenters. The van der Waals surface area contributed by atoms with E-state index >= 15 is 0 Å². The van der Waals surface area contributed by atoms with Crippen molar-refractivity contribution in [1.29, 1.82) is 0 Å². The van der Waals surface area contributed by atoms with Crippen LogP contribution < -0.4 is 4.90 Å². The number of amides is 1. The minimum Gasteiger partial charge on any atom is -0.368 e. The lowest BCUT2D eigenvalue weighted by molar-refractivity contribution is -0.00199. The number of halogens is 1. The van der Waals surface area contributed by atoms with Gasteiger partial charge in [0.2, 0.25) is 0 Å². The van der Waals surface area contributed by atoms with Crippen LogP contribution in [0.25, 0.3) is 0 Å². The van der Waals surface area contributed by atoms with Gasteiger partial charge >= 0.3 is 0 Å². The highest BCUT2D eigenvalue weighted by Crippen LogP contribution is 2.28. The van der Waals surface area contributed by atoms with E-state index in [0.717, 1.165) is 18.7 Å². The minimum absolute atomic E-state index is 0.101. The van der Waals surface area contributed by atoms with Crippen LogP contribution in [0.3, 0.4) is 0 Å². The van der Waals surface area contributed by atoms with Crippen molar-refractivity contribution >= 4 is 11.6 Å². The summed E-state index contributed by atoms with van der Waals surface area (Å²) in [6.45, 7) is 7.75. The summed E-state index contributed by atoms with van der Waals surface area (Å²) in [6.07, 6.45) is -0.242. The molecule has 8 heteroatoms. The van der Waals surface area contributed by atoms with Crippen LogP contribution >= 0.6 is 0 Å². The van der Waals surface area contributed by atoms with Gasteiger partial charge in [0.1, 0.15) is 11.9 Å². The molecule has 32 heavy (non-hydrogen) atoms. The van der Waals surface area contributed by atoms with Crippen molar-refractivity contribution in [3.63, 3.8) is 0 Å². The second-order valence-electron chi connectivity index (χ2n) is 8.49. The van der Waals surface area contributed by atoms with Crippen LogP contribution in [0.1, 0.15) is 39.0 Å². The zero-order chi connectivity index (χ0) is 22.2. The largest absolute Gasteiger partial charge is 0.368 e. The lowest BCUT2D eigenvalue weighted by Gasteiger charge is -2.36. The maximum absolute atomic E-state index is 13.2. The van der Waals surface area contributed by atoms with Crippen molar-refractivity contribution in [2.24, 2.45) is 0 Å². The van der Waals surface area contributed by atoms with Crippen molar-refractivity contribution in [2.45, 2.75) is 33.1 Å². The van der Waals surface area contributed by atoms with Gasteiger partial charge in [-0.05, 0) is 48.7 Å². The molecule has 1 fully saturated rings. The van der Waals surface area contributed by atoms with E-state index in [9.17, 15) is 9.18 Å². The number of piperazine rings is 1. The van der Waals surface area contributed by atoms with E-state index < -0.39 is 0 Å². The third-order valence-corrected chi connectivity index (χ3v) is 6.31. The first kappa shape index (κ1) is 20.6. The fourth-order valence-electron chi connectivity index (χ4n) is 4.42. The Labute approximate surface area is 186 Å². The van der Waals surface area contributed by atoms with Crippen molar-refractivity contribution in [2.75, 3.05) is 31.1 Å². The molecule has 3 aromatic rings. The maximum Gasteiger partial charge on any atom is 0.276 e. The summed E-state index contributed by atoms with van der Waals surface area (Å²) in [7, 11) is 0. The van der Waals surface area contributed by atoms with Gasteiger partial charge in [-0.15, -0.1) is 5.10 Å². The third kappa shape index (κ3) is 3.86. The Morgan fingerprint density at radius 3 is 2.56 bits per heavy atom. The summed E-state index contributed by atoms with van der Waals surface area (Å²) >= 11 is 0. The average Bonchev–Trinajstić information content (AvgIpc) is 3.24. The Balaban J connectivity index is 1.26. The number of aryl methyl sites for hydroxylation is 2. The number of anilines is 1. The molecule has 0 spiro atoms. The van der Waals surface area contributed by atoms with Crippen LogP contribution in [0.5, 0.6) is 0 Å². The second-order valence-corrected chi connectivity index (χ2v) is 8.49. The van der Waals surface area contributed by atoms with Gasteiger partial charge in [0.05, 0.1) is 18.8 Å². The molecule has 0 N–H and O–H groups in total. The molecule has 166 valence electrons. The number of hydrogen-bond donors (Lipinski definition) is 0. The van der Waals surface area contributed by atoms with Gasteiger partial charge in [0.15, 0.2) is 5.69 Å². The third-order valence-electron chi connectivity index (χ3n) is 6.31. The quantitative estimate of drug-likeness (QED) is 0.632. The van der Waals surface area contributed by atoms with E-state index in [1.54, 1.807) is 16.8 Å². The molecule has 0 saturated carbocycles. The molecule has 5 rings (SSSR count). The highest BCUT2D eigenvalue weighted by molar-refractivity contribution is 5.93. The summed E-state index contributed by atoms with van der Waals surface area (Å²) in [5, 5.41) is 8.39. The Morgan fingerprint density at radius 1 is 1.06 bits per heavy atom. The smallest absolute Gasteiger partial charge is 0.276 e. The van der Waals surface area contributed by atoms with Crippen molar-refractivity contribution in [3.05, 3.63) is 76.4 Å². The second kappa shape index (κ2) is 8.35. The number of carbonyl (C=O) groups excluding carboxylic acids is 1. The van der Waals surface area contributed by atoms with Crippen LogP contribution in [0.4, 0.5) is 10.1 Å². The monoisotopic (exact) mass is 435 g/mol. The first-order chi connectivity index (χ1) is 15.5. The van der Waals surface area contributed by atoms with E-state index in [2.05, 4.69) is 47.3 Å². The van der Waals surface area contributed by atoms with E-state index in [-0.39, 0.29) is 24.4 Å². The van der Waals surface area contributed by atoms with E-state index in [1.165, 1.54) is 28.9 Å². The standard InChI is InChI=1S/C24H26FN5O2/c1-16-3-4-17(2)20(13-16)28-9-11-29(12-10-28)24(31)23-21-15-32-22(14-30(21)27-26-23)18-5-7-19(25)8-6-18/h3-8,13,22H,9-12,14-15H2,1-2H3/t22-/m0/s1. The highest BCUT2D eigenvalue weighted by Gasteiger charge is 2.31. The first-order valence-electron chi connectivity index (χ1n) is 10.9. The lowest BCUT2D eigenvalue weighted by Crippen LogP contribution is -2.49. The molecule has 1 saturated heterocycles. The zero-order valence-electron chi connectivity index (χ0n) is 18.3. The van der Waals surface area contributed by atoms with E-state index in [1.807, 2.05) is 4.90 Å². The van der Waals surface area contributed by atoms with Gasteiger partial charge in [-0.1, -0.05) is 29.5 Å². The normalized spacial score (nSPS) is 18.5. The van der Waals surface area contributed by atoms with Gasteiger partial charge < -0.3 is 14.5 Å². The lowest BCUT2D eigenvalue weighted by atomic mass is 10.1. The van der Waals surface area contributed by atoms with Crippen molar-refractivity contribution in [3.8, 4) is 0 Å². The molecule has 1 aromatic heterocycles. The number of rotatable bonds is 3. The SMILES string of the molecule is Cc1ccc(C)c(N2CCN(C(=O)c3nnn4c3CO[C@H](c3ccc(F)cc3)C4)CC2)c1. The Kier molecular flexibility index (Phi) is 5.38. The summed E-state index contributed by atoms with van der Waals surface area (Å²) < 4.78 is 20.9. The Bertz CT molecular complexity index is 1140. The summed E-state index contributed by atoms with van der Waals surface area (Å²) in [5.74, 6) is -0.382. The van der Waals surface area contributed by atoms with Crippen LogP contribution in [0.15, 0.2) is 42.5 Å². The molecule has 1 amide bonds. The number of benzene rings is 2. The fourth-order valence-corrected chi connectivity index (χ4v) is 4.42. The van der Waals surface area contributed by atoms with Crippen LogP contribution in [-0.4, -0.2) is 52.0 Å². The number of hydrogen-bond acceptors (Lipinski definition) is 5. The van der Waals surface area contributed by atoms with Crippen LogP contribution in [-0.2, 0) is 17.9 Å². The Hall–Kier alpha value is -3.26. The van der Waals surface area contributed by atoms with Gasteiger partial charge in [-0.3, -0.25) is 4.79 Å². The molecule has 0 aliphatic carbocycles. The molecule has 2 aliphatic heterocycles. The molecule has 0 bridgehead atoms. The van der Waals surface area contributed by atoms with Gasteiger partial charge in [0.25, 0.3) is 5.91 Å². The summed E-state index contributed by atoms with van der Waals surface area (Å²) in [6, 6.07) is 12.7. The number of carbonyl (C=O) groups is 1. The summed E-state index contributed by atoms with van der Waals surface area (Å²) in [4.78, 5) is 17.4. The molecule has 2 aliphatic rings. The molecular formula is C24H26FN5O2. The molecule has 0 radical (unpaired) electrons. The zero-order valence-corrected chi connectivity index (χ0v) is 18.3. The topological polar surface area (TPSA) is 63.5 Å². The number of nitrogens with zero attached hydrogens (tertiary/aromatic N) is 5. The molecular weight excluding hydrogens is 409 g/mol. The fraction of sp³-hybridized carbons (Fsp3) is 0.375. The maximum atomic E-state index is 13.2. The van der Waals surface area contributed by atoms with Crippen LogP contribution in [0.2, 0.25) is 0 Å².